The van der Waals surface area contributed by atoms with Crippen molar-refractivity contribution in [3.63, 3.8) is 0 Å². The lowest BCUT2D eigenvalue weighted by atomic mass is 9.91. The van der Waals surface area contributed by atoms with Crippen LogP contribution in [0.4, 0.5) is 17.3 Å². The van der Waals surface area contributed by atoms with E-state index in [1.54, 1.807) is 12.4 Å². The minimum Gasteiger partial charge on any atom is -0.366 e. The number of rotatable bonds is 4. The zero-order valence-electron chi connectivity index (χ0n) is 17.4. The maximum absolute atomic E-state index is 12.6. The summed E-state index contributed by atoms with van der Waals surface area (Å²) in [5.41, 5.74) is 8.87. The Hall–Kier alpha value is -3.52. The van der Waals surface area contributed by atoms with Crippen LogP contribution in [0.25, 0.3) is 21.7 Å². The number of pyridine rings is 2. The number of nitrogens with zero attached hydrogens (tertiary/aromatic N) is 3. The number of hydrogen-bond donors (Lipinski definition) is 4. The zero-order chi connectivity index (χ0) is 21.4. The van der Waals surface area contributed by atoms with Gasteiger partial charge in [0.05, 0.1) is 17.1 Å². The Labute approximate surface area is 179 Å². The molecule has 0 amide bonds. The van der Waals surface area contributed by atoms with E-state index in [-0.39, 0.29) is 17.6 Å². The molecule has 0 radical (unpaired) electrons. The molecule has 3 heterocycles. The number of nitrogens with one attached hydrogen (secondary N) is 3. The monoisotopic (exact) mass is 415 g/mol. The van der Waals surface area contributed by atoms with Gasteiger partial charge in [-0.05, 0) is 49.6 Å². The Kier molecular flexibility index (Phi) is 4.99. The summed E-state index contributed by atoms with van der Waals surface area (Å²) >= 11 is 0. The van der Waals surface area contributed by atoms with Gasteiger partial charge in [0, 0.05) is 34.7 Å². The topological polar surface area (TPSA) is 122 Å². The van der Waals surface area contributed by atoms with Crippen molar-refractivity contribution in [3.8, 4) is 0 Å². The predicted molar refractivity (Wildman–Crippen MR) is 124 cm³/mol. The molecule has 0 spiro atoms. The van der Waals surface area contributed by atoms with Crippen LogP contribution in [0, 0.1) is 6.92 Å². The number of aromatic amines is 1. The Morgan fingerprint density at radius 2 is 2.06 bits per heavy atom. The molecular formula is C23H25N7O. The number of benzene rings is 1. The average Bonchev–Trinajstić information content (AvgIpc) is 2.77. The second-order valence-corrected chi connectivity index (χ2v) is 8.17. The van der Waals surface area contributed by atoms with E-state index in [1.165, 1.54) is 0 Å². The van der Waals surface area contributed by atoms with Gasteiger partial charge >= 0.3 is 0 Å². The largest absolute Gasteiger partial charge is 0.366 e. The molecule has 0 saturated heterocycles. The van der Waals surface area contributed by atoms with E-state index in [0.29, 0.717) is 22.4 Å². The number of aromatic nitrogens is 4. The first-order valence-electron chi connectivity index (χ1n) is 10.6. The van der Waals surface area contributed by atoms with Crippen LogP contribution in [0.2, 0.25) is 0 Å². The van der Waals surface area contributed by atoms with Gasteiger partial charge in [-0.2, -0.15) is 5.10 Å². The second-order valence-electron chi connectivity index (χ2n) is 8.17. The van der Waals surface area contributed by atoms with Gasteiger partial charge in [-0.1, -0.05) is 18.9 Å². The van der Waals surface area contributed by atoms with Gasteiger partial charge in [0.1, 0.15) is 11.6 Å². The van der Waals surface area contributed by atoms with Gasteiger partial charge in [-0.15, -0.1) is 0 Å². The first-order chi connectivity index (χ1) is 15.1. The minimum absolute atomic E-state index is 0.0899. The quantitative estimate of drug-likeness (QED) is 0.402. The van der Waals surface area contributed by atoms with Gasteiger partial charge in [0.25, 0.3) is 5.56 Å². The van der Waals surface area contributed by atoms with Gasteiger partial charge in [-0.3, -0.25) is 9.78 Å². The molecule has 8 nitrogen and oxygen atoms in total. The second kappa shape index (κ2) is 7.96. The van der Waals surface area contributed by atoms with Crippen molar-refractivity contribution in [3.05, 3.63) is 58.6 Å². The molecule has 0 bridgehead atoms. The third kappa shape index (κ3) is 3.70. The van der Waals surface area contributed by atoms with Crippen molar-refractivity contribution in [2.75, 3.05) is 10.6 Å². The number of anilines is 3. The van der Waals surface area contributed by atoms with Crippen molar-refractivity contribution < 1.29 is 0 Å². The number of H-pyrrole nitrogens is 1. The Bertz CT molecular complexity index is 1320. The molecule has 1 aliphatic carbocycles. The van der Waals surface area contributed by atoms with Crippen LogP contribution >= 0.6 is 0 Å². The number of aryl methyl sites for hydroxylation is 1. The molecule has 158 valence electrons. The standard InChI is InChI=1S/C23H25N7O/c1-13-8-9-17(15-5-4-10-25-21(13)15)28-22-20-14(12-26-30-23(20)31)11-19(29-22)27-18-7-3-2-6-16(18)24/h4-5,8-12,16,18H,2-3,6-7,24H2,1H3,(H,30,31)(H2,27,28,29). The summed E-state index contributed by atoms with van der Waals surface area (Å²) in [6.45, 7) is 2.03. The maximum Gasteiger partial charge on any atom is 0.275 e. The molecule has 0 aliphatic heterocycles. The van der Waals surface area contributed by atoms with Crippen molar-refractivity contribution in [1.29, 1.82) is 0 Å². The van der Waals surface area contributed by atoms with Crippen LogP contribution in [0.3, 0.4) is 0 Å². The summed E-state index contributed by atoms with van der Waals surface area (Å²) in [6.07, 6.45) is 7.73. The van der Waals surface area contributed by atoms with Crippen LogP contribution in [-0.4, -0.2) is 32.2 Å². The molecule has 1 fully saturated rings. The van der Waals surface area contributed by atoms with Crippen LogP contribution in [0.15, 0.2) is 47.5 Å². The molecule has 2 unspecified atom stereocenters. The van der Waals surface area contributed by atoms with E-state index < -0.39 is 0 Å². The van der Waals surface area contributed by atoms with Crippen LogP contribution in [-0.2, 0) is 0 Å². The van der Waals surface area contributed by atoms with Crippen LogP contribution in [0.1, 0.15) is 31.2 Å². The molecule has 4 aromatic rings. The fourth-order valence-electron chi connectivity index (χ4n) is 4.37. The normalized spacial score (nSPS) is 18.9. The number of nitrogens with two attached hydrogens (primary N) is 1. The summed E-state index contributed by atoms with van der Waals surface area (Å²) in [6, 6.07) is 10.0. The summed E-state index contributed by atoms with van der Waals surface area (Å²) < 4.78 is 0. The predicted octanol–water partition coefficient (Wildman–Crippen LogP) is 3.60. The lowest BCUT2D eigenvalue weighted by molar-refractivity contribution is 0.403. The van der Waals surface area contributed by atoms with Crippen molar-refractivity contribution >= 4 is 39.0 Å². The van der Waals surface area contributed by atoms with E-state index in [9.17, 15) is 4.79 Å². The molecule has 5 N–H and O–H groups in total. The summed E-state index contributed by atoms with van der Waals surface area (Å²) in [7, 11) is 0. The Balaban J connectivity index is 1.60. The number of hydrogen-bond acceptors (Lipinski definition) is 7. The Morgan fingerprint density at radius 1 is 1.19 bits per heavy atom. The summed E-state index contributed by atoms with van der Waals surface area (Å²) in [5, 5.41) is 15.5. The minimum atomic E-state index is -0.289. The fourth-order valence-corrected chi connectivity index (χ4v) is 4.37. The van der Waals surface area contributed by atoms with Gasteiger partial charge < -0.3 is 16.4 Å². The molecule has 1 aromatic carbocycles. The van der Waals surface area contributed by atoms with E-state index in [1.807, 2.05) is 37.3 Å². The lowest BCUT2D eigenvalue weighted by Gasteiger charge is -2.30. The summed E-state index contributed by atoms with van der Waals surface area (Å²) in [5.74, 6) is 1.15. The molecule has 1 aliphatic rings. The maximum atomic E-state index is 12.6. The first-order valence-corrected chi connectivity index (χ1v) is 10.6. The van der Waals surface area contributed by atoms with Crippen LogP contribution < -0.4 is 21.9 Å². The molecule has 3 aromatic heterocycles. The third-order valence-corrected chi connectivity index (χ3v) is 6.02. The highest BCUT2D eigenvalue weighted by Crippen LogP contribution is 2.30. The highest BCUT2D eigenvalue weighted by molar-refractivity contribution is 5.99. The third-order valence-electron chi connectivity index (χ3n) is 6.02. The number of fused-ring (bicyclic) bond motifs is 2. The lowest BCUT2D eigenvalue weighted by Crippen LogP contribution is -2.42. The Morgan fingerprint density at radius 3 is 2.94 bits per heavy atom. The van der Waals surface area contributed by atoms with Crippen molar-refractivity contribution in [1.82, 2.24) is 20.2 Å². The van der Waals surface area contributed by atoms with Crippen molar-refractivity contribution in [2.24, 2.45) is 5.73 Å². The molecule has 8 heteroatoms. The van der Waals surface area contributed by atoms with E-state index in [4.69, 9.17) is 10.7 Å². The highest BCUT2D eigenvalue weighted by atomic mass is 16.1. The van der Waals surface area contributed by atoms with Crippen LogP contribution in [0.5, 0.6) is 0 Å². The van der Waals surface area contributed by atoms with Gasteiger partial charge in [0.2, 0.25) is 0 Å². The smallest absolute Gasteiger partial charge is 0.275 e. The summed E-state index contributed by atoms with van der Waals surface area (Å²) in [4.78, 5) is 21.9. The van der Waals surface area contributed by atoms with Gasteiger partial charge in [0.15, 0.2) is 0 Å². The molecule has 31 heavy (non-hydrogen) atoms. The van der Waals surface area contributed by atoms with E-state index in [0.717, 1.165) is 47.8 Å². The highest BCUT2D eigenvalue weighted by Gasteiger charge is 2.22. The van der Waals surface area contributed by atoms with Crippen molar-refractivity contribution in [2.45, 2.75) is 44.7 Å². The molecule has 5 rings (SSSR count). The SMILES string of the molecule is Cc1ccc(Nc2nc(NC3CCCCC3N)cc3cn[nH]c(=O)c23)c2cccnc12. The average molecular weight is 416 g/mol. The molecule has 1 saturated carbocycles. The van der Waals surface area contributed by atoms with E-state index in [2.05, 4.69) is 25.8 Å². The molecular weight excluding hydrogens is 390 g/mol. The fraction of sp³-hybridized carbons (Fsp3) is 0.304. The van der Waals surface area contributed by atoms with E-state index >= 15 is 0 Å². The van der Waals surface area contributed by atoms with Gasteiger partial charge in [-0.25, -0.2) is 10.1 Å². The molecule has 2 atom stereocenters. The zero-order valence-corrected chi connectivity index (χ0v) is 17.4. The first kappa shape index (κ1) is 19.4.